The number of anilines is 2. The van der Waals surface area contributed by atoms with Gasteiger partial charge in [-0.15, -0.1) is 0 Å². The van der Waals surface area contributed by atoms with E-state index in [1.807, 2.05) is 57.2 Å². The number of methoxy groups -OCH3 is 1. The van der Waals surface area contributed by atoms with Gasteiger partial charge in [-0.3, -0.25) is 4.79 Å². The van der Waals surface area contributed by atoms with Crippen molar-refractivity contribution < 1.29 is 14.3 Å². The summed E-state index contributed by atoms with van der Waals surface area (Å²) in [7, 11) is 1.60. The van der Waals surface area contributed by atoms with Gasteiger partial charge in [0, 0.05) is 11.4 Å². The molecule has 1 amide bonds. The molecule has 0 bridgehead atoms. The summed E-state index contributed by atoms with van der Waals surface area (Å²) >= 11 is 0. The second-order valence-corrected chi connectivity index (χ2v) is 11.4. The topological polar surface area (TPSA) is 103 Å². The summed E-state index contributed by atoms with van der Waals surface area (Å²) in [4.78, 5) is 13.8. The quantitative estimate of drug-likeness (QED) is 0.285. The summed E-state index contributed by atoms with van der Waals surface area (Å²) in [5.41, 5.74) is 7.24. The molecule has 0 saturated carbocycles. The van der Waals surface area contributed by atoms with E-state index in [0.29, 0.717) is 35.3 Å². The first kappa shape index (κ1) is 27.9. The second kappa shape index (κ2) is 11.1. The Hall–Kier alpha value is -4.66. The average molecular weight is 553 g/mol. The minimum atomic E-state index is -0.584. The molecule has 41 heavy (non-hydrogen) atoms. The molecule has 4 aromatic rings. The molecular formula is C32H36N6O3. The molecule has 1 aliphatic heterocycles. The van der Waals surface area contributed by atoms with Gasteiger partial charge in [0.2, 0.25) is 5.95 Å². The van der Waals surface area contributed by atoms with E-state index in [4.69, 9.17) is 9.47 Å². The Bertz CT molecular complexity index is 1620. The molecule has 2 N–H and O–H groups in total. The molecule has 0 radical (unpaired) electrons. The first-order valence-corrected chi connectivity index (χ1v) is 13.6. The number of nitrogens with zero attached hydrogens (tertiary/aromatic N) is 4. The van der Waals surface area contributed by atoms with Gasteiger partial charge in [0.1, 0.15) is 12.6 Å². The number of amides is 1. The Morgan fingerprint density at radius 3 is 2.49 bits per heavy atom. The summed E-state index contributed by atoms with van der Waals surface area (Å²) in [5, 5.41) is 18.4. The van der Waals surface area contributed by atoms with Crippen molar-refractivity contribution in [3.8, 4) is 11.5 Å². The van der Waals surface area contributed by atoms with Gasteiger partial charge >= 0.3 is 0 Å². The molecule has 3 aromatic carbocycles. The van der Waals surface area contributed by atoms with E-state index in [1.165, 1.54) is 5.56 Å². The molecule has 9 nitrogen and oxygen atoms in total. The van der Waals surface area contributed by atoms with Gasteiger partial charge in [-0.1, -0.05) is 68.3 Å². The van der Waals surface area contributed by atoms with Crippen LogP contribution in [0.25, 0.3) is 0 Å². The van der Waals surface area contributed by atoms with Crippen LogP contribution in [-0.2, 0) is 16.8 Å². The fourth-order valence-electron chi connectivity index (χ4n) is 4.93. The van der Waals surface area contributed by atoms with Crippen LogP contribution in [0.2, 0.25) is 0 Å². The number of nitrogens with one attached hydrogen (secondary N) is 2. The summed E-state index contributed by atoms with van der Waals surface area (Å²) in [6.07, 6.45) is 0. The maximum absolute atomic E-state index is 13.8. The number of aromatic nitrogens is 4. The molecule has 0 fully saturated rings. The number of aryl methyl sites for hydroxylation is 1. The van der Waals surface area contributed by atoms with E-state index >= 15 is 0 Å². The van der Waals surface area contributed by atoms with E-state index in [-0.39, 0.29) is 11.3 Å². The number of carbonyl (C=O) groups is 1. The Morgan fingerprint density at radius 1 is 1.02 bits per heavy atom. The van der Waals surface area contributed by atoms with Crippen LogP contribution in [0.5, 0.6) is 11.5 Å². The highest BCUT2D eigenvalue weighted by atomic mass is 16.5. The number of ether oxygens (including phenoxy) is 2. The zero-order chi connectivity index (χ0) is 29.3. The van der Waals surface area contributed by atoms with Gasteiger partial charge in [0.25, 0.3) is 5.91 Å². The van der Waals surface area contributed by atoms with Crippen LogP contribution in [0.1, 0.15) is 61.6 Å². The Kier molecular flexibility index (Phi) is 7.53. The summed E-state index contributed by atoms with van der Waals surface area (Å²) in [6, 6.07) is 19.4. The van der Waals surface area contributed by atoms with Gasteiger partial charge in [-0.2, -0.15) is 4.68 Å². The van der Waals surface area contributed by atoms with Crippen molar-refractivity contribution in [1.29, 1.82) is 0 Å². The third kappa shape index (κ3) is 5.66. The number of hydrogen-bond acceptors (Lipinski definition) is 7. The SMILES string of the molecule is COc1cc(C2C(C(=O)Nc3cccc(C)c3C)=C(C)Nc3nnnn32)ccc1OCc1ccc(C(C)(C)C)cc1. The molecule has 1 aromatic heterocycles. The largest absolute Gasteiger partial charge is 0.493 e. The lowest BCUT2D eigenvalue weighted by Gasteiger charge is -2.28. The zero-order valence-corrected chi connectivity index (χ0v) is 24.6. The predicted octanol–water partition coefficient (Wildman–Crippen LogP) is 6.10. The van der Waals surface area contributed by atoms with Gasteiger partial charge in [0.05, 0.1) is 12.7 Å². The normalized spacial score (nSPS) is 14.8. The van der Waals surface area contributed by atoms with Gasteiger partial charge < -0.3 is 20.1 Å². The number of fused-ring (bicyclic) bond motifs is 1. The molecule has 0 aliphatic carbocycles. The first-order valence-electron chi connectivity index (χ1n) is 13.6. The maximum Gasteiger partial charge on any atom is 0.255 e. The second-order valence-electron chi connectivity index (χ2n) is 11.4. The Morgan fingerprint density at radius 2 is 1.78 bits per heavy atom. The fraction of sp³-hybridized carbons (Fsp3) is 0.312. The number of allylic oxidation sites excluding steroid dienone is 1. The molecule has 1 unspecified atom stereocenters. The lowest BCUT2D eigenvalue weighted by molar-refractivity contribution is -0.113. The van der Waals surface area contributed by atoms with Crippen LogP contribution in [0.4, 0.5) is 11.6 Å². The predicted molar refractivity (Wildman–Crippen MR) is 159 cm³/mol. The molecule has 0 saturated heterocycles. The minimum absolute atomic E-state index is 0.0913. The minimum Gasteiger partial charge on any atom is -0.493 e. The lowest BCUT2D eigenvalue weighted by Crippen LogP contribution is -2.31. The van der Waals surface area contributed by atoms with Gasteiger partial charge in [0.15, 0.2) is 11.5 Å². The summed E-state index contributed by atoms with van der Waals surface area (Å²) in [5.74, 6) is 1.36. The van der Waals surface area contributed by atoms with Crippen molar-refractivity contribution >= 4 is 17.5 Å². The highest BCUT2D eigenvalue weighted by Crippen LogP contribution is 2.39. The van der Waals surface area contributed by atoms with Crippen LogP contribution in [0.15, 0.2) is 71.9 Å². The third-order valence-corrected chi connectivity index (χ3v) is 7.53. The zero-order valence-electron chi connectivity index (χ0n) is 24.6. The van der Waals surface area contributed by atoms with E-state index in [1.54, 1.807) is 11.8 Å². The number of rotatable bonds is 7. The van der Waals surface area contributed by atoms with Crippen molar-refractivity contribution in [1.82, 2.24) is 20.2 Å². The monoisotopic (exact) mass is 552 g/mol. The van der Waals surface area contributed by atoms with Crippen molar-refractivity contribution in [3.05, 3.63) is 99.8 Å². The van der Waals surface area contributed by atoms with E-state index in [2.05, 4.69) is 71.2 Å². The van der Waals surface area contributed by atoms with Gasteiger partial charge in [-0.25, -0.2) is 0 Å². The molecule has 2 heterocycles. The van der Waals surface area contributed by atoms with Crippen molar-refractivity contribution in [2.24, 2.45) is 0 Å². The van der Waals surface area contributed by atoms with E-state index in [9.17, 15) is 4.79 Å². The van der Waals surface area contributed by atoms with Crippen LogP contribution in [0, 0.1) is 13.8 Å². The highest BCUT2D eigenvalue weighted by molar-refractivity contribution is 6.06. The lowest BCUT2D eigenvalue weighted by atomic mass is 9.87. The van der Waals surface area contributed by atoms with Crippen LogP contribution in [-0.4, -0.2) is 33.2 Å². The molecule has 9 heteroatoms. The average Bonchev–Trinajstić information content (AvgIpc) is 3.41. The number of carbonyl (C=O) groups excluding carboxylic acids is 1. The maximum atomic E-state index is 13.8. The molecule has 5 rings (SSSR count). The van der Waals surface area contributed by atoms with E-state index in [0.717, 1.165) is 27.9 Å². The van der Waals surface area contributed by atoms with Crippen LogP contribution < -0.4 is 20.1 Å². The number of benzene rings is 3. The smallest absolute Gasteiger partial charge is 0.255 e. The fourth-order valence-corrected chi connectivity index (χ4v) is 4.93. The number of tetrazole rings is 1. The van der Waals surface area contributed by atoms with E-state index < -0.39 is 6.04 Å². The molecule has 212 valence electrons. The summed E-state index contributed by atoms with van der Waals surface area (Å²) < 4.78 is 13.5. The first-order chi connectivity index (χ1) is 19.6. The molecular weight excluding hydrogens is 516 g/mol. The van der Waals surface area contributed by atoms with Crippen LogP contribution >= 0.6 is 0 Å². The third-order valence-electron chi connectivity index (χ3n) is 7.53. The molecule has 1 aliphatic rings. The standard InChI is InChI=1S/C32H36N6O3/c1-19-9-8-10-25(20(19)2)34-30(39)28-21(3)33-31-35-36-37-38(31)29(28)23-13-16-26(27(17-23)40-7)41-18-22-11-14-24(15-12-22)32(4,5)6/h8-17,29H,18H2,1-7H3,(H,34,39)(H,33,35,37). The summed E-state index contributed by atoms with van der Waals surface area (Å²) in [6.45, 7) is 12.8. The molecule has 0 spiro atoms. The Labute approximate surface area is 240 Å². The molecule has 1 atom stereocenters. The van der Waals surface area contributed by atoms with Crippen molar-refractivity contribution in [2.45, 2.75) is 59.6 Å². The highest BCUT2D eigenvalue weighted by Gasteiger charge is 2.34. The van der Waals surface area contributed by atoms with Crippen molar-refractivity contribution in [2.75, 3.05) is 17.7 Å². The van der Waals surface area contributed by atoms with Crippen molar-refractivity contribution in [3.63, 3.8) is 0 Å². The Balaban J connectivity index is 1.44. The van der Waals surface area contributed by atoms with Gasteiger partial charge in [-0.05, 0) is 82.6 Å². The van der Waals surface area contributed by atoms with Crippen LogP contribution in [0.3, 0.4) is 0 Å². The number of hydrogen-bond donors (Lipinski definition) is 2.